The maximum Gasteiger partial charge on any atom is 0.416 e. The highest BCUT2D eigenvalue weighted by Crippen LogP contribution is 2.46. The minimum atomic E-state index is -4.59. The van der Waals surface area contributed by atoms with Gasteiger partial charge in [-0.05, 0) is 49.1 Å². The van der Waals surface area contributed by atoms with Gasteiger partial charge in [0.25, 0.3) is 0 Å². The average molecular weight is 541 g/mol. The number of aryl methyl sites for hydroxylation is 1. The summed E-state index contributed by atoms with van der Waals surface area (Å²) in [5.41, 5.74) is 9.75. The van der Waals surface area contributed by atoms with Gasteiger partial charge >= 0.3 is 12.3 Å². The van der Waals surface area contributed by atoms with Gasteiger partial charge in [0.2, 0.25) is 11.8 Å². The molecule has 1 heterocycles. The van der Waals surface area contributed by atoms with Gasteiger partial charge in [0.15, 0.2) is 0 Å². The molecule has 5 N–H and O–H groups in total. The fourth-order valence-corrected chi connectivity index (χ4v) is 4.95. The highest BCUT2D eigenvalue weighted by molar-refractivity contribution is 6.31. The van der Waals surface area contributed by atoms with Crippen molar-refractivity contribution >= 4 is 35.2 Å². The lowest BCUT2D eigenvalue weighted by molar-refractivity contribution is -0.138. The molecule has 0 radical (unpaired) electrons. The van der Waals surface area contributed by atoms with Crippen molar-refractivity contribution in [1.29, 1.82) is 0 Å². The van der Waals surface area contributed by atoms with Crippen LogP contribution in [0.1, 0.15) is 35.4 Å². The monoisotopic (exact) mass is 540 g/mol. The van der Waals surface area contributed by atoms with E-state index in [-0.39, 0.29) is 56.2 Å². The van der Waals surface area contributed by atoms with Gasteiger partial charge in [-0.2, -0.15) is 13.2 Å². The van der Waals surface area contributed by atoms with Crippen LogP contribution in [0.25, 0.3) is 0 Å². The predicted octanol–water partition coefficient (Wildman–Crippen LogP) is 4.05. The number of alkyl halides is 3. The second kappa shape index (κ2) is 11.4. The van der Waals surface area contributed by atoms with Gasteiger partial charge in [-0.15, -0.1) is 0 Å². The number of carbonyl (C=O) groups is 3. The van der Waals surface area contributed by atoms with Crippen molar-refractivity contribution in [3.63, 3.8) is 0 Å². The third-order valence-corrected chi connectivity index (χ3v) is 7.02. The summed E-state index contributed by atoms with van der Waals surface area (Å²) in [7, 11) is 0. The SMILES string of the molecule is Cc1ccc(NC(=O)OCC2(C(C(N)=O)c3ccccc3Cl)CCN(C(=O)CN)CC2)cc1C(F)(F)F. The Labute approximate surface area is 217 Å². The number of nitrogens with zero attached hydrogens (tertiary/aromatic N) is 1. The Kier molecular flexibility index (Phi) is 8.70. The van der Waals surface area contributed by atoms with Crippen LogP contribution in [-0.2, 0) is 20.5 Å². The van der Waals surface area contributed by atoms with Gasteiger partial charge in [-0.1, -0.05) is 35.9 Å². The molecule has 0 saturated carbocycles. The number of hydrogen-bond donors (Lipinski definition) is 3. The van der Waals surface area contributed by atoms with E-state index in [4.69, 9.17) is 27.8 Å². The first-order chi connectivity index (χ1) is 17.4. The van der Waals surface area contributed by atoms with Crippen molar-refractivity contribution in [2.75, 3.05) is 31.6 Å². The topological polar surface area (TPSA) is 128 Å². The first-order valence-electron chi connectivity index (χ1n) is 11.5. The maximum atomic E-state index is 13.2. The van der Waals surface area contributed by atoms with E-state index < -0.39 is 35.1 Å². The number of amides is 3. The molecular weight excluding hydrogens is 513 g/mol. The van der Waals surface area contributed by atoms with Gasteiger partial charge in [0.05, 0.1) is 18.0 Å². The second-order valence-corrected chi connectivity index (χ2v) is 9.44. The molecule has 8 nitrogen and oxygen atoms in total. The van der Waals surface area contributed by atoms with E-state index >= 15 is 0 Å². The molecule has 3 rings (SSSR count). The number of halogens is 4. The molecule has 0 spiro atoms. The molecule has 1 fully saturated rings. The average Bonchev–Trinajstić information content (AvgIpc) is 2.84. The molecule has 0 bridgehead atoms. The molecule has 0 aromatic heterocycles. The Morgan fingerprint density at radius 3 is 2.38 bits per heavy atom. The summed E-state index contributed by atoms with van der Waals surface area (Å²) >= 11 is 6.38. The standard InChI is InChI=1S/C25H28ClF3N4O4/c1-15-6-7-16(12-18(15)25(27,28)29)32-23(36)37-14-24(8-10-33(11-9-24)20(34)13-30)21(22(31)35)17-4-2-3-5-19(17)26/h2-7,12,21H,8-11,13-14,30H2,1H3,(H2,31,35)(H,32,36). The van der Waals surface area contributed by atoms with Crippen LogP contribution in [0.3, 0.4) is 0 Å². The van der Waals surface area contributed by atoms with Crippen LogP contribution in [0.15, 0.2) is 42.5 Å². The number of nitrogens with two attached hydrogens (primary N) is 2. The number of carbonyl (C=O) groups excluding carboxylic acids is 3. The lowest BCUT2D eigenvalue weighted by atomic mass is 9.66. The molecule has 1 aliphatic heterocycles. The second-order valence-electron chi connectivity index (χ2n) is 9.03. The molecule has 3 amide bonds. The van der Waals surface area contributed by atoms with Crippen LogP contribution in [0.5, 0.6) is 0 Å². The highest BCUT2D eigenvalue weighted by Gasteiger charge is 2.47. The summed E-state index contributed by atoms with van der Waals surface area (Å²) in [6.45, 7) is 1.33. The smallest absolute Gasteiger partial charge is 0.416 e. The maximum absolute atomic E-state index is 13.2. The molecule has 200 valence electrons. The third kappa shape index (κ3) is 6.53. The zero-order valence-corrected chi connectivity index (χ0v) is 20.9. The first kappa shape index (κ1) is 28.3. The van der Waals surface area contributed by atoms with Crippen molar-refractivity contribution in [3.8, 4) is 0 Å². The third-order valence-electron chi connectivity index (χ3n) is 6.68. The molecule has 0 aliphatic carbocycles. The van der Waals surface area contributed by atoms with Crippen molar-refractivity contribution in [2.24, 2.45) is 16.9 Å². The van der Waals surface area contributed by atoms with Gasteiger partial charge in [-0.3, -0.25) is 14.9 Å². The van der Waals surface area contributed by atoms with E-state index in [1.165, 1.54) is 19.1 Å². The summed E-state index contributed by atoms with van der Waals surface area (Å²) in [5, 5.41) is 2.61. The van der Waals surface area contributed by atoms with Crippen LogP contribution in [-0.4, -0.2) is 49.0 Å². The summed E-state index contributed by atoms with van der Waals surface area (Å²) in [6, 6.07) is 10.0. The Hall–Kier alpha value is -3.31. The predicted molar refractivity (Wildman–Crippen MR) is 132 cm³/mol. The Balaban J connectivity index is 1.86. The fraction of sp³-hybridized carbons (Fsp3) is 0.400. The van der Waals surface area contributed by atoms with Crippen molar-refractivity contribution in [3.05, 3.63) is 64.2 Å². The largest absolute Gasteiger partial charge is 0.449 e. The van der Waals surface area contributed by atoms with Crippen molar-refractivity contribution in [1.82, 2.24) is 4.90 Å². The van der Waals surface area contributed by atoms with E-state index in [1.807, 2.05) is 0 Å². The quantitative estimate of drug-likeness (QED) is 0.488. The van der Waals surface area contributed by atoms with Gasteiger partial charge in [-0.25, -0.2) is 4.79 Å². The number of piperidine rings is 1. The van der Waals surface area contributed by atoms with Crippen LogP contribution in [0, 0.1) is 12.3 Å². The Bertz CT molecular complexity index is 1170. The number of hydrogen-bond acceptors (Lipinski definition) is 5. The lowest BCUT2D eigenvalue weighted by Gasteiger charge is -2.45. The number of anilines is 1. The van der Waals surface area contributed by atoms with Gasteiger partial charge in [0, 0.05) is 29.2 Å². The Morgan fingerprint density at radius 1 is 1.16 bits per heavy atom. The van der Waals surface area contributed by atoms with E-state index in [1.54, 1.807) is 29.2 Å². The van der Waals surface area contributed by atoms with E-state index in [2.05, 4.69) is 5.32 Å². The van der Waals surface area contributed by atoms with Crippen LogP contribution < -0.4 is 16.8 Å². The van der Waals surface area contributed by atoms with Crippen molar-refractivity contribution in [2.45, 2.75) is 31.9 Å². The van der Waals surface area contributed by atoms with Crippen LogP contribution >= 0.6 is 11.6 Å². The number of ether oxygens (including phenoxy) is 1. The zero-order chi connectivity index (χ0) is 27.4. The molecule has 1 unspecified atom stereocenters. The van der Waals surface area contributed by atoms with E-state index in [0.717, 1.165) is 6.07 Å². The zero-order valence-electron chi connectivity index (χ0n) is 20.1. The number of likely N-dealkylation sites (tertiary alicyclic amines) is 1. The molecule has 12 heteroatoms. The summed E-state index contributed by atoms with van der Waals surface area (Å²) in [5.74, 6) is -1.91. The summed E-state index contributed by atoms with van der Waals surface area (Å²) in [6.07, 6.45) is -5.10. The van der Waals surface area contributed by atoms with Crippen molar-refractivity contribution < 1.29 is 32.3 Å². The molecule has 2 aromatic rings. The highest BCUT2D eigenvalue weighted by atomic mass is 35.5. The molecule has 1 saturated heterocycles. The molecule has 37 heavy (non-hydrogen) atoms. The fourth-order valence-electron chi connectivity index (χ4n) is 4.71. The number of benzene rings is 2. The van der Waals surface area contributed by atoms with Gasteiger partial charge in [0.1, 0.15) is 6.61 Å². The number of primary amides is 1. The minimum Gasteiger partial charge on any atom is -0.449 e. The van der Waals surface area contributed by atoms with E-state index in [9.17, 15) is 27.6 Å². The number of nitrogens with one attached hydrogen (secondary N) is 1. The Morgan fingerprint density at radius 2 is 1.81 bits per heavy atom. The van der Waals surface area contributed by atoms with E-state index in [0.29, 0.717) is 10.6 Å². The van der Waals surface area contributed by atoms with Gasteiger partial charge < -0.3 is 21.1 Å². The van der Waals surface area contributed by atoms with Crippen LogP contribution in [0.4, 0.5) is 23.7 Å². The molecule has 2 aromatic carbocycles. The molecule has 1 aliphatic rings. The molecular formula is C25H28ClF3N4O4. The first-order valence-corrected chi connectivity index (χ1v) is 11.9. The normalized spacial score (nSPS) is 16.1. The van der Waals surface area contributed by atoms with Crippen LogP contribution in [0.2, 0.25) is 5.02 Å². The lowest BCUT2D eigenvalue weighted by Crippen LogP contribution is -2.51. The minimum absolute atomic E-state index is 0.00759. The summed E-state index contributed by atoms with van der Waals surface area (Å²) in [4.78, 5) is 39.0. The summed E-state index contributed by atoms with van der Waals surface area (Å²) < 4.78 is 45.2. The molecule has 1 atom stereocenters. The number of rotatable bonds is 7.